The minimum absolute atomic E-state index is 0. The number of halogens is 1. The number of rotatable bonds is 3. The Hall–Kier alpha value is -1.05. The van der Waals surface area contributed by atoms with Gasteiger partial charge in [0.1, 0.15) is 0 Å². The van der Waals surface area contributed by atoms with Crippen molar-refractivity contribution in [1.29, 1.82) is 0 Å². The van der Waals surface area contributed by atoms with E-state index in [4.69, 9.17) is 10.5 Å². The van der Waals surface area contributed by atoms with Gasteiger partial charge in [0.25, 0.3) is 0 Å². The molecule has 6 heteroatoms. The fourth-order valence-electron chi connectivity index (χ4n) is 1.23. The summed E-state index contributed by atoms with van der Waals surface area (Å²) in [6, 6.07) is 3.72. The molecular weight excluding hydrogens is 343 g/mol. The van der Waals surface area contributed by atoms with Gasteiger partial charge in [0.05, 0.1) is 13.7 Å². The van der Waals surface area contributed by atoms with Crippen LogP contribution in [0.15, 0.2) is 23.3 Å². The summed E-state index contributed by atoms with van der Waals surface area (Å²) in [5.41, 5.74) is 6.67. The van der Waals surface area contributed by atoms with Crippen LogP contribution >= 0.6 is 24.0 Å². The molecule has 0 saturated heterocycles. The van der Waals surface area contributed by atoms with Crippen LogP contribution in [0.4, 0.5) is 0 Å². The average molecular weight is 364 g/mol. The molecule has 1 aromatic heterocycles. The predicted molar refractivity (Wildman–Crippen MR) is 84.4 cm³/mol. The van der Waals surface area contributed by atoms with E-state index in [1.807, 2.05) is 26.8 Å². The van der Waals surface area contributed by atoms with Crippen LogP contribution < -0.4 is 15.8 Å². The van der Waals surface area contributed by atoms with Crippen LogP contribution in [0.5, 0.6) is 5.88 Å². The molecule has 5 nitrogen and oxygen atoms in total. The molecule has 0 saturated carbocycles. The molecule has 0 aliphatic heterocycles. The zero-order valence-corrected chi connectivity index (χ0v) is 13.6. The minimum atomic E-state index is -0.0776. The van der Waals surface area contributed by atoms with Crippen LogP contribution in [0, 0.1) is 0 Å². The van der Waals surface area contributed by atoms with E-state index < -0.39 is 0 Å². The second kappa shape index (κ2) is 7.40. The number of pyridine rings is 1. The Balaban J connectivity index is 0.00000289. The van der Waals surface area contributed by atoms with Crippen molar-refractivity contribution in [2.45, 2.75) is 32.9 Å². The zero-order chi connectivity index (χ0) is 12.9. The van der Waals surface area contributed by atoms with Crippen LogP contribution in [0.25, 0.3) is 0 Å². The fourth-order valence-corrected chi connectivity index (χ4v) is 1.23. The molecule has 0 atom stereocenters. The maximum absolute atomic E-state index is 5.76. The van der Waals surface area contributed by atoms with Crippen molar-refractivity contribution in [2.24, 2.45) is 10.7 Å². The fraction of sp³-hybridized carbons (Fsp3) is 0.500. The van der Waals surface area contributed by atoms with Crippen LogP contribution in [-0.4, -0.2) is 23.6 Å². The predicted octanol–water partition coefficient (Wildman–Crippen LogP) is 1.91. The SMILES string of the molecule is COc1ccc(CN=C(N)NC(C)(C)C)cn1.I. The van der Waals surface area contributed by atoms with Gasteiger partial charge in [0.2, 0.25) is 5.88 Å². The van der Waals surface area contributed by atoms with Crippen LogP contribution in [0.1, 0.15) is 26.3 Å². The van der Waals surface area contributed by atoms with E-state index in [9.17, 15) is 0 Å². The summed E-state index contributed by atoms with van der Waals surface area (Å²) in [5, 5.41) is 3.09. The molecular formula is C12H21IN4O. The lowest BCUT2D eigenvalue weighted by atomic mass is 10.1. The van der Waals surface area contributed by atoms with Gasteiger partial charge >= 0.3 is 0 Å². The second-order valence-corrected chi connectivity index (χ2v) is 4.79. The molecule has 0 fully saturated rings. The largest absolute Gasteiger partial charge is 0.481 e. The van der Waals surface area contributed by atoms with Gasteiger partial charge in [-0.25, -0.2) is 9.98 Å². The summed E-state index contributed by atoms with van der Waals surface area (Å²) < 4.78 is 4.98. The Morgan fingerprint density at radius 2 is 2.11 bits per heavy atom. The van der Waals surface area contributed by atoms with Gasteiger partial charge in [-0.1, -0.05) is 6.07 Å². The van der Waals surface area contributed by atoms with E-state index in [0.717, 1.165) is 5.56 Å². The number of methoxy groups -OCH3 is 1. The number of ether oxygens (including phenoxy) is 1. The summed E-state index contributed by atoms with van der Waals surface area (Å²) in [6.07, 6.45) is 1.73. The molecule has 0 aliphatic carbocycles. The van der Waals surface area contributed by atoms with E-state index in [0.29, 0.717) is 18.4 Å². The van der Waals surface area contributed by atoms with Crippen molar-refractivity contribution in [3.63, 3.8) is 0 Å². The smallest absolute Gasteiger partial charge is 0.212 e. The number of nitrogens with one attached hydrogen (secondary N) is 1. The third-order valence-corrected chi connectivity index (χ3v) is 1.94. The first-order valence-electron chi connectivity index (χ1n) is 5.48. The van der Waals surface area contributed by atoms with Crippen molar-refractivity contribution in [3.05, 3.63) is 23.9 Å². The Kier molecular flexibility index (Phi) is 6.97. The van der Waals surface area contributed by atoms with Gasteiger partial charge in [-0.05, 0) is 26.3 Å². The Morgan fingerprint density at radius 3 is 2.56 bits per heavy atom. The zero-order valence-electron chi connectivity index (χ0n) is 11.2. The average Bonchev–Trinajstić information content (AvgIpc) is 2.25. The Labute approximate surface area is 125 Å². The van der Waals surface area contributed by atoms with Crippen molar-refractivity contribution < 1.29 is 4.74 Å². The van der Waals surface area contributed by atoms with Gasteiger partial charge in [-0.3, -0.25) is 0 Å². The number of nitrogens with zero attached hydrogens (tertiary/aromatic N) is 2. The summed E-state index contributed by atoms with van der Waals surface area (Å²) in [7, 11) is 1.59. The highest BCUT2D eigenvalue weighted by Gasteiger charge is 2.09. The number of nitrogens with two attached hydrogens (primary N) is 1. The van der Waals surface area contributed by atoms with Gasteiger partial charge in [-0.15, -0.1) is 24.0 Å². The molecule has 0 unspecified atom stereocenters. The minimum Gasteiger partial charge on any atom is -0.481 e. The van der Waals surface area contributed by atoms with Crippen molar-refractivity contribution in [1.82, 2.24) is 10.3 Å². The highest BCUT2D eigenvalue weighted by atomic mass is 127. The van der Waals surface area contributed by atoms with Crippen LogP contribution in [0.3, 0.4) is 0 Å². The third-order valence-electron chi connectivity index (χ3n) is 1.94. The molecule has 0 radical (unpaired) electrons. The maximum Gasteiger partial charge on any atom is 0.212 e. The molecule has 0 amide bonds. The maximum atomic E-state index is 5.76. The normalized spacial score (nSPS) is 11.7. The lowest BCUT2D eigenvalue weighted by Crippen LogP contribution is -2.44. The molecule has 0 aromatic carbocycles. The lowest BCUT2D eigenvalue weighted by molar-refractivity contribution is 0.397. The van der Waals surface area contributed by atoms with Gasteiger partial charge in [0.15, 0.2) is 5.96 Å². The van der Waals surface area contributed by atoms with E-state index >= 15 is 0 Å². The standard InChI is InChI=1S/C12H20N4O.HI/c1-12(2,3)16-11(13)15-8-9-5-6-10(17-4)14-7-9;/h5-7H,8H2,1-4H3,(H3,13,15,16);1H. The number of hydrogen-bond acceptors (Lipinski definition) is 3. The number of aromatic nitrogens is 1. The molecule has 3 N–H and O–H groups in total. The number of hydrogen-bond donors (Lipinski definition) is 2. The summed E-state index contributed by atoms with van der Waals surface area (Å²) in [6.45, 7) is 6.60. The molecule has 0 spiro atoms. The van der Waals surface area contributed by atoms with Crippen LogP contribution in [0.2, 0.25) is 0 Å². The van der Waals surface area contributed by atoms with Crippen molar-refractivity contribution in [3.8, 4) is 5.88 Å². The number of aliphatic imine (C=N–C) groups is 1. The first-order valence-corrected chi connectivity index (χ1v) is 5.48. The summed E-state index contributed by atoms with van der Waals surface area (Å²) >= 11 is 0. The Morgan fingerprint density at radius 1 is 1.44 bits per heavy atom. The van der Waals surface area contributed by atoms with E-state index in [1.165, 1.54) is 0 Å². The molecule has 1 rings (SSSR count). The van der Waals surface area contributed by atoms with Crippen LogP contribution in [-0.2, 0) is 6.54 Å². The monoisotopic (exact) mass is 364 g/mol. The molecule has 0 aliphatic rings. The van der Waals surface area contributed by atoms with Gasteiger partial charge in [0, 0.05) is 17.8 Å². The third kappa shape index (κ3) is 6.63. The Bertz CT molecular complexity index is 384. The topological polar surface area (TPSA) is 72.5 Å². The molecule has 102 valence electrons. The summed E-state index contributed by atoms with van der Waals surface area (Å²) in [4.78, 5) is 8.33. The molecule has 1 heterocycles. The second-order valence-electron chi connectivity index (χ2n) is 4.79. The van der Waals surface area contributed by atoms with Gasteiger partial charge < -0.3 is 15.8 Å². The summed E-state index contributed by atoms with van der Waals surface area (Å²) in [5.74, 6) is 1.03. The van der Waals surface area contributed by atoms with E-state index in [1.54, 1.807) is 19.4 Å². The quantitative estimate of drug-likeness (QED) is 0.488. The lowest BCUT2D eigenvalue weighted by Gasteiger charge is -2.20. The van der Waals surface area contributed by atoms with E-state index in [2.05, 4.69) is 15.3 Å². The van der Waals surface area contributed by atoms with Crippen molar-refractivity contribution >= 4 is 29.9 Å². The highest BCUT2D eigenvalue weighted by molar-refractivity contribution is 14.0. The molecule has 0 bridgehead atoms. The highest BCUT2D eigenvalue weighted by Crippen LogP contribution is 2.07. The first kappa shape index (κ1) is 16.9. The van der Waals surface area contributed by atoms with E-state index in [-0.39, 0.29) is 29.5 Å². The number of guanidine groups is 1. The first-order chi connectivity index (χ1) is 7.90. The van der Waals surface area contributed by atoms with Crippen molar-refractivity contribution in [2.75, 3.05) is 7.11 Å². The molecule has 18 heavy (non-hydrogen) atoms. The van der Waals surface area contributed by atoms with Gasteiger partial charge in [-0.2, -0.15) is 0 Å². The molecule has 1 aromatic rings.